The summed E-state index contributed by atoms with van der Waals surface area (Å²) in [6, 6.07) is 0. The third-order valence-corrected chi connectivity index (χ3v) is 2.18. The van der Waals surface area contributed by atoms with Crippen LogP contribution in [0.2, 0.25) is 0 Å². The Morgan fingerprint density at radius 3 is 3.00 bits per heavy atom. The normalized spacial score (nSPS) is 30.0. The molecule has 0 bridgehead atoms. The predicted octanol–water partition coefficient (Wildman–Crippen LogP) is 2.40. The van der Waals surface area contributed by atoms with E-state index in [1.54, 1.807) is 0 Å². The van der Waals surface area contributed by atoms with Gasteiger partial charge in [-0.1, -0.05) is 0 Å². The summed E-state index contributed by atoms with van der Waals surface area (Å²) in [4.78, 5) is 10.7. The molecule has 0 spiro atoms. The van der Waals surface area contributed by atoms with E-state index >= 15 is 0 Å². The molecule has 1 rings (SSSR count). The number of ether oxygens (including phenoxy) is 1. The van der Waals surface area contributed by atoms with Crippen LogP contribution in [0, 0.1) is 0 Å². The smallest absolute Gasteiger partial charge is 0.308 e. The Bertz CT molecular complexity index is 174. The van der Waals surface area contributed by atoms with Gasteiger partial charge in [0.05, 0.1) is 0 Å². The molecule has 0 aromatic heterocycles. The second-order valence-electron chi connectivity index (χ2n) is 3.00. The number of rotatable bonds is 3. The van der Waals surface area contributed by atoms with E-state index in [0.717, 1.165) is 0 Å². The van der Waals surface area contributed by atoms with Crippen LogP contribution in [0.4, 0.5) is 4.39 Å². The van der Waals surface area contributed by atoms with Crippen molar-refractivity contribution in [1.29, 1.82) is 0 Å². The Balaban J connectivity index is 2.40. The lowest BCUT2D eigenvalue weighted by atomic mass is 10.0. The quantitative estimate of drug-likeness (QED) is 0.510. The zero-order valence-corrected chi connectivity index (χ0v) is 7.57. The molecule has 0 amide bonds. The van der Waals surface area contributed by atoms with Crippen molar-refractivity contribution in [2.75, 3.05) is 5.88 Å². The maximum Gasteiger partial charge on any atom is 0.308 e. The first kappa shape index (κ1) is 9.78. The number of carbonyl (C=O) groups is 1. The summed E-state index contributed by atoms with van der Waals surface area (Å²) in [5, 5.41) is 0. The Morgan fingerprint density at radius 2 is 2.42 bits per heavy atom. The molecular formula is C8H12ClFO2. The lowest BCUT2D eigenvalue weighted by Crippen LogP contribution is -2.34. The third-order valence-electron chi connectivity index (χ3n) is 1.91. The zero-order valence-electron chi connectivity index (χ0n) is 6.82. The largest absolute Gasteiger partial charge is 0.428 e. The molecule has 0 N–H and O–H groups in total. The van der Waals surface area contributed by atoms with E-state index in [4.69, 9.17) is 11.6 Å². The number of hydrogen-bond acceptors (Lipinski definition) is 2. The molecule has 0 saturated carbocycles. The first-order valence-corrected chi connectivity index (χ1v) is 4.66. The molecule has 0 aromatic rings. The van der Waals surface area contributed by atoms with Crippen molar-refractivity contribution < 1.29 is 13.9 Å². The molecule has 0 aromatic carbocycles. The summed E-state index contributed by atoms with van der Waals surface area (Å²) in [6.07, 6.45) is 2.01. The predicted molar refractivity (Wildman–Crippen MR) is 43.7 cm³/mol. The first-order chi connectivity index (χ1) is 5.66. The lowest BCUT2D eigenvalue weighted by molar-refractivity contribution is -0.195. The minimum absolute atomic E-state index is 0.224. The van der Waals surface area contributed by atoms with Gasteiger partial charge in [-0.3, -0.25) is 4.79 Å². The van der Waals surface area contributed by atoms with Gasteiger partial charge < -0.3 is 4.74 Å². The van der Waals surface area contributed by atoms with Crippen molar-refractivity contribution in [2.45, 2.75) is 38.0 Å². The monoisotopic (exact) mass is 194 g/mol. The number of alkyl halides is 2. The van der Waals surface area contributed by atoms with Crippen LogP contribution in [0.3, 0.4) is 0 Å². The second-order valence-corrected chi connectivity index (χ2v) is 3.38. The Kier molecular flexibility index (Phi) is 3.32. The fourth-order valence-corrected chi connectivity index (χ4v) is 1.44. The minimum atomic E-state index is -1.73. The number of halogens is 2. The second kappa shape index (κ2) is 4.08. The molecule has 1 atom stereocenters. The summed E-state index contributed by atoms with van der Waals surface area (Å²) in [6.45, 7) is 0. The Labute approximate surface area is 76.0 Å². The molecule has 1 unspecified atom stereocenters. The van der Waals surface area contributed by atoms with E-state index in [1.165, 1.54) is 0 Å². The molecular weight excluding hydrogens is 183 g/mol. The van der Waals surface area contributed by atoms with Crippen molar-refractivity contribution >= 4 is 17.6 Å². The van der Waals surface area contributed by atoms with Crippen LogP contribution in [-0.2, 0) is 9.53 Å². The molecule has 2 nitrogen and oxygen atoms in total. The topological polar surface area (TPSA) is 26.3 Å². The molecule has 70 valence electrons. The molecule has 0 aliphatic carbocycles. The molecule has 1 heterocycles. The van der Waals surface area contributed by atoms with Gasteiger partial charge in [0.25, 0.3) is 5.85 Å². The SMILES string of the molecule is O=C1CCCC(F)(CCCCl)O1. The van der Waals surface area contributed by atoms with Crippen LogP contribution in [0.15, 0.2) is 0 Å². The highest BCUT2D eigenvalue weighted by molar-refractivity contribution is 6.17. The van der Waals surface area contributed by atoms with Crippen molar-refractivity contribution in [3.63, 3.8) is 0 Å². The maximum atomic E-state index is 13.5. The van der Waals surface area contributed by atoms with Crippen LogP contribution < -0.4 is 0 Å². The van der Waals surface area contributed by atoms with Gasteiger partial charge in [-0.2, -0.15) is 4.39 Å². The van der Waals surface area contributed by atoms with Gasteiger partial charge in [-0.15, -0.1) is 11.6 Å². The Morgan fingerprint density at radius 1 is 1.67 bits per heavy atom. The molecule has 0 radical (unpaired) electrons. The standard InChI is InChI=1S/C8H12ClFO2/c9-6-2-5-8(10)4-1-3-7(11)12-8/h1-6H2. The van der Waals surface area contributed by atoms with Crippen LogP contribution >= 0.6 is 11.6 Å². The highest BCUT2D eigenvalue weighted by atomic mass is 35.5. The van der Waals surface area contributed by atoms with Crippen LogP contribution in [0.1, 0.15) is 32.1 Å². The van der Waals surface area contributed by atoms with E-state index < -0.39 is 11.8 Å². The molecule has 1 saturated heterocycles. The van der Waals surface area contributed by atoms with Crippen LogP contribution in [0.25, 0.3) is 0 Å². The molecule has 4 heteroatoms. The summed E-state index contributed by atoms with van der Waals surface area (Å²) in [7, 11) is 0. The summed E-state index contributed by atoms with van der Waals surface area (Å²) in [5.41, 5.74) is 0. The number of cyclic esters (lactones) is 1. The van der Waals surface area contributed by atoms with E-state index in [9.17, 15) is 9.18 Å². The van der Waals surface area contributed by atoms with E-state index in [0.29, 0.717) is 31.6 Å². The van der Waals surface area contributed by atoms with Gasteiger partial charge in [-0.25, -0.2) is 0 Å². The van der Waals surface area contributed by atoms with Crippen molar-refractivity contribution in [2.24, 2.45) is 0 Å². The van der Waals surface area contributed by atoms with Crippen molar-refractivity contribution in [3.05, 3.63) is 0 Å². The van der Waals surface area contributed by atoms with Crippen LogP contribution in [-0.4, -0.2) is 17.7 Å². The van der Waals surface area contributed by atoms with E-state index in [2.05, 4.69) is 4.74 Å². The fraction of sp³-hybridized carbons (Fsp3) is 0.875. The first-order valence-electron chi connectivity index (χ1n) is 4.13. The summed E-state index contributed by atoms with van der Waals surface area (Å²) in [5.74, 6) is -1.76. The average Bonchev–Trinajstić information content (AvgIpc) is 2.01. The van der Waals surface area contributed by atoms with Crippen molar-refractivity contribution in [1.82, 2.24) is 0 Å². The summed E-state index contributed by atoms with van der Waals surface area (Å²) < 4.78 is 18.1. The number of hydrogen-bond donors (Lipinski definition) is 0. The van der Waals surface area contributed by atoms with Gasteiger partial charge in [0.1, 0.15) is 0 Å². The highest BCUT2D eigenvalue weighted by Crippen LogP contribution is 2.31. The average molecular weight is 195 g/mol. The number of carbonyl (C=O) groups excluding carboxylic acids is 1. The lowest BCUT2D eigenvalue weighted by Gasteiger charge is -2.28. The zero-order chi connectivity index (χ0) is 9.03. The van der Waals surface area contributed by atoms with E-state index in [1.807, 2.05) is 0 Å². The maximum absolute atomic E-state index is 13.5. The summed E-state index contributed by atoms with van der Waals surface area (Å²) >= 11 is 5.41. The van der Waals surface area contributed by atoms with Gasteiger partial charge in [-0.05, 0) is 12.8 Å². The minimum Gasteiger partial charge on any atom is -0.428 e. The van der Waals surface area contributed by atoms with E-state index in [-0.39, 0.29) is 6.42 Å². The van der Waals surface area contributed by atoms with Gasteiger partial charge in [0.2, 0.25) is 0 Å². The third kappa shape index (κ3) is 2.63. The van der Waals surface area contributed by atoms with Gasteiger partial charge in [0.15, 0.2) is 0 Å². The molecule has 1 fully saturated rings. The Hall–Kier alpha value is -0.310. The molecule has 1 aliphatic rings. The number of esters is 1. The highest BCUT2D eigenvalue weighted by Gasteiger charge is 2.36. The fourth-order valence-electron chi connectivity index (χ4n) is 1.31. The molecule has 1 aliphatic heterocycles. The van der Waals surface area contributed by atoms with Gasteiger partial charge >= 0.3 is 5.97 Å². The van der Waals surface area contributed by atoms with Gasteiger partial charge in [0, 0.05) is 25.1 Å². The van der Waals surface area contributed by atoms with Crippen LogP contribution in [0.5, 0.6) is 0 Å². The molecule has 12 heavy (non-hydrogen) atoms. The van der Waals surface area contributed by atoms with Crippen molar-refractivity contribution in [3.8, 4) is 0 Å².